The van der Waals surface area contributed by atoms with Crippen molar-refractivity contribution in [1.82, 2.24) is 9.97 Å². The lowest BCUT2D eigenvalue weighted by molar-refractivity contribution is 0.482. The predicted molar refractivity (Wildman–Crippen MR) is 46.7 cm³/mol. The monoisotopic (exact) mass is 203 g/mol. The quantitative estimate of drug-likeness (QED) is 0.663. The molecule has 0 aromatic carbocycles. The van der Waals surface area contributed by atoms with Gasteiger partial charge in [-0.2, -0.15) is 13.4 Å². The van der Waals surface area contributed by atoms with Crippen LogP contribution in [-0.2, 0) is 10.1 Å². The first-order chi connectivity index (χ1) is 5.87. The molecule has 1 rings (SSSR count). The summed E-state index contributed by atoms with van der Waals surface area (Å²) in [6, 6.07) is 1.39. The summed E-state index contributed by atoms with van der Waals surface area (Å²) in [5, 5.41) is 0. The van der Waals surface area contributed by atoms with Gasteiger partial charge in [-0.1, -0.05) is 0 Å². The summed E-state index contributed by atoms with van der Waals surface area (Å²) >= 11 is 0. The summed E-state index contributed by atoms with van der Waals surface area (Å²) in [6.45, 7) is 1.66. The lowest BCUT2D eigenvalue weighted by Gasteiger charge is -2.02. The second-order valence-electron chi connectivity index (χ2n) is 2.49. The Labute approximate surface area is 75.9 Å². The van der Waals surface area contributed by atoms with E-state index in [0.717, 1.165) is 6.26 Å². The van der Waals surface area contributed by atoms with Crippen molar-refractivity contribution >= 4 is 16.1 Å². The number of anilines is 1. The van der Waals surface area contributed by atoms with E-state index in [1.54, 1.807) is 6.92 Å². The van der Waals surface area contributed by atoms with Gasteiger partial charge in [0.1, 0.15) is 0 Å². The van der Waals surface area contributed by atoms with Gasteiger partial charge in [-0.3, -0.25) is 0 Å². The molecule has 0 fully saturated rings. The smallest absolute Gasteiger partial charge is 0.307 e. The maximum Gasteiger partial charge on any atom is 0.307 e. The number of nitrogens with zero attached hydrogens (tertiary/aromatic N) is 2. The Balaban J connectivity index is 3.03. The Hall–Kier alpha value is -1.37. The van der Waals surface area contributed by atoms with E-state index in [1.165, 1.54) is 6.07 Å². The van der Waals surface area contributed by atoms with Gasteiger partial charge in [-0.05, 0) is 6.92 Å². The van der Waals surface area contributed by atoms with E-state index in [0.29, 0.717) is 5.69 Å². The van der Waals surface area contributed by atoms with Crippen LogP contribution in [0, 0.1) is 6.92 Å². The van der Waals surface area contributed by atoms with Crippen molar-refractivity contribution < 1.29 is 12.6 Å². The molecule has 72 valence electrons. The molecule has 0 aliphatic heterocycles. The largest absolute Gasteiger partial charge is 0.368 e. The minimum Gasteiger partial charge on any atom is -0.368 e. The molecule has 0 aliphatic carbocycles. The molecule has 0 amide bonds. The van der Waals surface area contributed by atoms with Gasteiger partial charge in [0.05, 0.1) is 6.26 Å². The Morgan fingerprint density at radius 1 is 1.46 bits per heavy atom. The van der Waals surface area contributed by atoms with Crippen molar-refractivity contribution in [3.8, 4) is 5.88 Å². The molecule has 0 unspecified atom stereocenters. The van der Waals surface area contributed by atoms with Crippen molar-refractivity contribution in [2.75, 3.05) is 12.0 Å². The third kappa shape index (κ3) is 3.24. The van der Waals surface area contributed by atoms with E-state index in [9.17, 15) is 8.42 Å². The van der Waals surface area contributed by atoms with Crippen molar-refractivity contribution in [2.45, 2.75) is 6.92 Å². The van der Waals surface area contributed by atoms with E-state index >= 15 is 0 Å². The molecule has 1 aromatic heterocycles. The lowest BCUT2D eigenvalue weighted by atomic mass is 10.4. The SMILES string of the molecule is Cc1cc(OS(C)(=O)=O)nc(N)n1. The van der Waals surface area contributed by atoms with Gasteiger partial charge in [-0.25, -0.2) is 4.98 Å². The molecule has 0 saturated heterocycles. The van der Waals surface area contributed by atoms with Gasteiger partial charge in [0.2, 0.25) is 11.8 Å². The Kier molecular flexibility index (Phi) is 2.37. The normalized spacial score (nSPS) is 11.2. The van der Waals surface area contributed by atoms with Gasteiger partial charge in [0, 0.05) is 11.8 Å². The molecule has 1 heterocycles. The van der Waals surface area contributed by atoms with Crippen LogP contribution in [0.1, 0.15) is 5.69 Å². The second-order valence-corrected chi connectivity index (χ2v) is 4.07. The molecule has 2 N–H and O–H groups in total. The van der Waals surface area contributed by atoms with E-state index in [4.69, 9.17) is 5.73 Å². The summed E-state index contributed by atoms with van der Waals surface area (Å²) in [7, 11) is -3.56. The summed E-state index contributed by atoms with van der Waals surface area (Å²) in [6.07, 6.45) is 0.931. The van der Waals surface area contributed by atoms with Gasteiger partial charge < -0.3 is 9.92 Å². The molecule has 0 aliphatic rings. The van der Waals surface area contributed by atoms with Crippen LogP contribution in [0.15, 0.2) is 6.07 Å². The van der Waals surface area contributed by atoms with Crippen molar-refractivity contribution in [3.63, 3.8) is 0 Å². The highest BCUT2D eigenvalue weighted by atomic mass is 32.2. The van der Waals surface area contributed by atoms with Crippen LogP contribution < -0.4 is 9.92 Å². The zero-order valence-electron chi connectivity index (χ0n) is 7.18. The number of nitrogens with two attached hydrogens (primary N) is 1. The number of hydrogen-bond donors (Lipinski definition) is 1. The number of aromatic nitrogens is 2. The average molecular weight is 203 g/mol. The highest BCUT2D eigenvalue weighted by Crippen LogP contribution is 2.11. The number of hydrogen-bond acceptors (Lipinski definition) is 6. The predicted octanol–water partition coefficient (Wildman–Crippen LogP) is -0.294. The first-order valence-electron chi connectivity index (χ1n) is 3.37. The topological polar surface area (TPSA) is 95.2 Å². The Morgan fingerprint density at radius 2 is 2.08 bits per heavy atom. The summed E-state index contributed by atoms with van der Waals surface area (Å²) in [5.74, 6) is -0.0776. The molecule has 7 heteroatoms. The average Bonchev–Trinajstić information content (AvgIpc) is 1.78. The van der Waals surface area contributed by atoms with Crippen LogP contribution in [0.3, 0.4) is 0 Å². The van der Waals surface area contributed by atoms with Gasteiger partial charge in [0.15, 0.2) is 0 Å². The molecule has 0 spiro atoms. The zero-order chi connectivity index (χ0) is 10.1. The van der Waals surface area contributed by atoms with Crippen LogP contribution in [-0.4, -0.2) is 24.6 Å². The third-order valence-electron chi connectivity index (χ3n) is 1.08. The maximum absolute atomic E-state index is 10.7. The van der Waals surface area contributed by atoms with Crippen LogP contribution in [0.2, 0.25) is 0 Å². The van der Waals surface area contributed by atoms with Crippen molar-refractivity contribution in [3.05, 3.63) is 11.8 Å². The number of aryl methyl sites for hydroxylation is 1. The molecule has 0 radical (unpaired) electrons. The molecule has 0 atom stereocenters. The summed E-state index contributed by atoms with van der Waals surface area (Å²) < 4.78 is 25.9. The molecule has 1 aromatic rings. The highest BCUT2D eigenvalue weighted by molar-refractivity contribution is 7.86. The fraction of sp³-hybridized carbons (Fsp3) is 0.333. The van der Waals surface area contributed by atoms with Crippen LogP contribution in [0.25, 0.3) is 0 Å². The van der Waals surface area contributed by atoms with E-state index < -0.39 is 10.1 Å². The van der Waals surface area contributed by atoms with Crippen LogP contribution in [0.4, 0.5) is 5.95 Å². The molecular formula is C6H9N3O3S. The van der Waals surface area contributed by atoms with E-state index in [1.807, 2.05) is 0 Å². The summed E-state index contributed by atoms with van der Waals surface area (Å²) in [5.41, 5.74) is 5.83. The highest BCUT2D eigenvalue weighted by Gasteiger charge is 2.07. The first-order valence-corrected chi connectivity index (χ1v) is 5.19. The van der Waals surface area contributed by atoms with E-state index in [-0.39, 0.29) is 11.8 Å². The molecule has 13 heavy (non-hydrogen) atoms. The summed E-state index contributed by atoms with van der Waals surface area (Å²) in [4.78, 5) is 7.34. The fourth-order valence-electron chi connectivity index (χ4n) is 0.760. The molecular weight excluding hydrogens is 194 g/mol. The number of rotatable bonds is 2. The number of nitrogen functional groups attached to an aromatic ring is 1. The minimum absolute atomic E-state index is 0.0151. The molecule has 0 bridgehead atoms. The van der Waals surface area contributed by atoms with Crippen LogP contribution >= 0.6 is 0 Å². The van der Waals surface area contributed by atoms with Crippen molar-refractivity contribution in [2.24, 2.45) is 0 Å². The van der Waals surface area contributed by atoms with Gasteiger partial charge in [0.25, 0.3) is 0 Å². The fourth-order valence-corrected chi connectivity index (χ4v) is 1.16. The van der Waals surface area contributed by atoms with Crippen molar-refractivity contribution in [1.29, 1.82) is 0 Å². The Bertz CT molecular complexity index is 395. The molecule has 0 saturated carbocycles. The van der Waals surface area contributed by atoms with Gasteiger partial charge in [-0.15, -0.1) is 0 Å². The van der Waals surface area contributed by atoms with Crippen LogP contribution in [0.5, 0.6) is 5.88 Å². The maximum atomic E-state index is 10.7. The first kappa shape index (κ1) is 9.72. The third-order valence-corrected chi connectivity index (χ3v) is 1.56. The minimum atomic E-state index is -3.56. The second kappa shape index (κ2) is 3.17. The molecule has 6 nitrogen and oxygen atoms in total. The zero-order valence-corrected chi connectivity index (χ0v) is 8.00. The Morgan fingerprint density at radius 3 is 2.54 bits per heavy atom. The standard InChI is InChI=1S/C6H9N3O3S/c1-4-3-5(9-6(7)8-4)12-13(2,10)11/h3H,1-2H3,(H2,7,8,9). The lowest BCUT2D eigenvalue weighted by Crippen LogP contribution is -2.08. The van der Waals surface area contributed by atoms with Gasteiger partial charge >= 0.3 is 10.1 Å². The van der Waals surface area contributed by atoms with E-state index in [2.05, 4.69) is 14.2 Å².